The quantitative estimate of drug-likeness (QED) is 0.636. The smallest absolute Gasteiger partial charge is 0.191 e. The molecule has 1 atom stereocenters. The molecule has 3 heterocycles. The zero-order valence-corrected chi connectivity index (χ0v) is 14.6. The summed E-state index contributed by atoms with van der Waals surface area (Å²) >= 11 is 0. The number of nitrogens with zero attached hydrogens (tertiary/aromatic N) is 5. The number of hydrogen-bond acceptors (Lipinski definition) is 4. The molecular formula is C17H27N7. The molecule has 0 bridgehead atoms. The number of pyridine rings is 1. The predicted octanol–water partition coefficient (Wildman–Crippen LogP) is 1.13. The van der Waals surface area contributed by atoms with Crippen molar-refractivity contribution in [2.24, 2.45) is 10.9 Å². The third-order valence-electron chi connectivity index (χ3n) is 4.39. The molecule has 1 aliphatic rings. The van der Waals surface area contributed by atoms with Gasteiger partial charge in [0.05, 0.1) is 0 Å². The number of hydrogen-bond donors (Lipinski definition) is 2. The summed E-state index contributed by atoms with van der Waals surface area (Å²) in [6.07, 6.45) is 4.53. The minimum absolute atomic E-state index is 0.505. The maximum Gasteiger partial charge on any atom is 0.191 e. The van der Waals surface area contributed by atoms with E-state index >= 15 is 0 Å². The molecule has 1 fully saturated rings. The maximum absolute atomic E-state index is 4.67. The largest absolute Gasteiger partial charge is 0.357 e. The molecule has 3 rings (SSSR count). The van der Waals surface area contributed by atoms with E-state index in [1.807, 2.05) is 28.8 Å². The molecule has 0 amide bonds. The van der Waals surface area contributed by atoms with E-state index in [0.29, 0.717) is 12.5 Å². The number of nitrogens with one attached hydrogen (secondary N) is 2. The molecule has 2 aromatic heterocycles. The molecule has 0 saturated carbocycles. The highest BCUT2D eigenvalue weighted by atomic mass is 15.3. The molecule has 1 aliphatic heterocycles. The van der Waals surface area contributed by atoms with Crippen molar-refractivity contribution in [1.82, 2.24) is 30.1 Å². The van der Waals surface area contributed by atoms with Crippen LogP contribution in [0.4, 0.5) is 0 Å². The summed E-state index contributed by atoms with van der Waals surface area (Å²) in [5, 5.41) is 15.2. The van der Waals surface area contributed by atoms with Crippen LogP contribution >= 0.6 is 0 Å². The molecule has 2 N–H and O–H groups in total. The second-order valence-electron chi connectivity index (χ2n) is 6.39. The molecule has 0 aromatic carbocycles. The van der Waals surface area contributed by atoms with Gasteiger partial charge in [0.15, 0.2) is 17.4 Å². The van der Waals surface area contributed by atoms with Crippen molar-refractivity contribution in [3.8, 4) is 0 Å². The summed E-state index contributed by atoms with van der Waals surface area (Å²) in [5.41, 5.74) is 0.853. The van der Waals surface area contributed by atoms with Crippen LogP contribution in [0.2, 0.25) is 0 Å². The average Bonchev–Trinajstić information content (AvgIpc) is 3.01. The lowest BCUT2D eigenvalue weighted by Gasteiger charge is -2.30. The Balaban J connectivity index is 1.60. The number of aliphatic imine (C=N–C) groups is 1. The van der Waals surface area contributed by atoms with E-state index in [2.05, 4.69) is 44.7 Å². The molecule has 0 spiro atoms. The normalized spacial score (nSPS) is 19.6. The van der Waals surface area contributed by atoms with Crippen LogP contribution in [0.3, 0.4) is 0 Å². The Bertz CT molecular complexity index is 678. The number of guanidine groups is 1. The van der Waals surface area contributed by atoms with Gasteiger partial charge in [-0.25, -0.2) is 4.99 Å². The van der Waals surface area contributed by atoms with Crippen LogP contribution in [0, 0.1) is 5.92 Å². The fourth-order valence-electron chi connectivity index (χ4n) is 3.17. The van der Waals surface area contributed by atoms with Gasteiger partial charge < -0.3 is 15.5 Å². The number of likely N-dealkylation sites (tertiary alicyclic amines) is 1. The summed E-state index contributed by atoms with van der Waals surface area (Å²) in [4.78, 5) is 7.07. The molecule has 7 nitrogen and oxygen atoms in total. The summed E-state index contributed by atoms with van der Waals surface area (Å²) in [6.45, 7) is 6.75. The van der Waals surface area contributed by atoms with Crippen LogP contribution < -0.4 is 10.6 Å². The first-order valence-corrected chi connectivity index (χ1v) is 8.75. The van der Waals surface area contributed by atoms with Gasteiger partial charge in [-0.1, -0.05) is 6.07 Å². The Hall–Kier alpha value is -2.15. The Morgan fingerprint density at radius 2 is 2.25 bits per heavy atom. The van der Waals surface area contributed by atoms with Gasteiger partial charge in [-0.2, -0.15) is 0 Å². The van der Waals surface area contributed by atoms with Crippen molar-refractivity contribution in [2.75, 3.05) is 33.2 Å². The van der Waals surface area contributed by atoms with Gasteiger partial charge in [-0.05, 0) is 51.4 Å². The van der Waals surface area contributed by atoms with E-state index in [1.54, 1.807) is 0 Å². The second-order valence-corrected chi connectivity index (χ2v) is 6.39. The van der Waals surface area contributed by atoms with Gasteiger partial charge in [-0.3, -0.25) is 4.40 Å². The Morgan fingerprint density at radius 1 is 1.33 bits per heavy atom. The fourth-order valence-corrected chi connectivity index (χ4v) is 3.17. The minimum atomic E-state index is 0.505. The Labute approximate surface area is 143 Å². The lowest BCUT2D eigenvalue weighted by atomic mass is 9.99. The summed E-state index contributed by atoms with van der Waals surface area (Å²) in [5.74, 6) is 2.38. The van der Waals surface area contributed by atoms with Gasteiger partial charge in [-0.15, -0.1) is 10.2 Å². The second kappa shape index (κ2) is 8.10. The molecule has 1 saturated heterocycles. The van der Waals surface area contributed by atoms with Gasteiger partial charge in [0.25, 0.3) is 0 Å². The minimum Gasteiger partial charge on any atom is -0.357 e. The summed E-state index contributed by atoms with van der Waals surface area (Å²) < 4.78 is 1.98. The first-order chi connectivity index (χ1) is 11.8. The van der Waals surface area contributed by atoms with E-state index < -0.39 is 0 Å². The molecule has 2 aromatic rings. The van der Waals surface area contributed by atoms with Crippen molar-refractivity contribution in [2.45, 2.75) is 26.3 Å². The fraction of sp³-hybridized carbons (Fsp3) is 0.588. The first kappa shape index (κ1) is 16.7. The van der Waals surface area contributed by atoms with E-state index in [0.717, 1.165) is 37.1 Å². The van der Waals surface area contributed by atoms with Crippen molar-refractivity contribution in [3.05, 3.63) is 30.2 Å². The van der Waals surface area contributed by atoms with Crippen LogP contribution in [0.1, 0.15) is 25.6 Å². The van der Waals surface area contributed by atoms with Crippen molar-refractivity contribution in [1.29, 1.82) is 0 Å². The van der Waals surface area contributed by atoms with Crippen LogP contribution in [0.25, 0.3) is 5.65 Å². The number of fused-ring (bicyclic) bond motifs is 1. The standard InChI is InChI=1S/C17H27N7/c1-3-18-17(19-11-14-7-6-9-23(2)13-14)20-12-16-22-21-15-8-4-5-10-24(15)16/h4-5,8,10,14H,3,6-7,9,11-13H2,1-2H3,(H2,18,19,20). The molecule has 24 heavy (non-hydrogen) atoms. The number of rotatable bonds is 5. The highest BCUT2D eigenvalue weighted by Gasteiger charge is 2.17. The molecule has 7 heteroatoms. The van der Waals surface area contributed by atoms with Gasteiger partial charge >= 0.3 is 0 Å². The van der Waals surface area contributed by atoms with Crippen molar-refractivity contribution < 1.29 is 0 Å². The Morgan fingerprint density at radius 3 is 3.08 bits per heavy atom. The zero-order valence-electron chi connectivity index (χ0n) is 14.6. The lowest BCUT2D eigenvalue weighted by molar-refractivity contribution is 0.210. The van der Waals surface area contributed by atoms with Gasteiger partial charge in [0.2, 0.25) is 0 Å². The van der Waals surface area contributed by atoms with Crippen LogP contribution in [-0.4, -0.2) is 58.7 Å². The molecular weight excluding hydrogens is 302 g/mol. The SMILES string of the molecule is CCNC(=NCc1nnc2ccccn12)NCC1CCCN(C)C1. The summed E-state index contributed by atoms with van der Waals surface area (Å²) in [7, 11) is 2.20. The van der Waals surface area contributed by atoms with Crippen LogP contribution in [0.15, 0.2) is 29.4 Å². The van der Waals surface area contributed by atoms with E-state index in [4.69, 9.17) is 0 Å². The van der Waals surface area contributed by atoms with E-state index in [1.165, 1.54) is 19.4 Å². The van der Waals surface area contributed by atoms with E-state index in [-0.39, 0.29) is 0 Å². The average molecular weight is 329 g/mol. The molecule has 0 aliphatic carbocycles. The Kier molecular flexibility index (Phi) is 5.63. The highest BCUT2D eigenvalue weighted by molar-refractivity contribution is 5.79. The summed E-state index contributed by atoms with van der Waals surface area (Å²) in [6, 6.07) is 5.89. The van der Waals surface area contributed by atoms with Crippen LogP contribution in [-0.2, 0) is 6.54 Å². The highest BCUT2D eigenvalue weighted by Crippen LogP contribution is 2.13. The zero-order chi connectivity index (χ0) is 16.8. The third kappa shape index (κ3) is 4.23. The molecule has 130 valence electrons. The van der Waals surface area contributed by atoms with Gasteiger partial charge in [0.1, 0.15) is 6.54 Å². The van der Waals surface area contributed by atoms with Crippen molar-refractivity contribution in [3.63, 3.8) is 0 Å². The monoisotopic (exact) mass is 329 g/mol. The first-order valence-electron chi connectivity index (χ1n) is 8.75. The molecule has 0 radical (unpaired) electrons. The maximum atomic E-state index is 4.67. The number of aromatic nitrogens is 3. The van der Waals surface area contributed by atoms with Crippen molar-refractivity contribution >= 4 is 11.6 Å². The topological polar surface area (TPSA) is 69.8 Å². The molecule has 1 unspecified atom stereocenters. The predicted molar refractivity (Wildman–Crippen MR) is 96.0 cm³/mol. The lowest BCUT2D eigenvalue weighted by Crippen LogP contribution is -2.43. The number of piperidine rings is 1. The van der Waals surface area contributed by atoms with Crippen LogP contribution in [0.5, 0.6) is 0 Å². The van der Waals surface area contributed by atoms with E-state index in [9.17, 15) is 0 Å². The van der Waals surface area contributed by atoms with Gasteiger partial charge in [0, 0.05) is 25.8 Å². The third-order valence-corrected chi connectivity index (χ3v) is 4.39.